The van der Waals surface area contributed by atoms with Crippen molar-refractivity contribution in [1.29, 1.82) is 0 Å². The van der Waals surface area contributed by atoms with Gasteiger partial charge in [-0.25, -0.2) is 4.79 Å². The number of carboxylic acids is 1. The van der Waals surface area contributed by atoms with Gasteiger partial charge in [-0.1, -0.05) is 30.3 Å². The van der Waals surface area contributed by atoms with Crippen LogP contribution in [0.25, 0.3) is 0 Å². The second-order valence-electron chi connectivity index (χ2n) is 8.58. The molecule has 0 spiro atoms. The minimum atomic E-state index is -1.32. The molecule has 8 heteroatoms. The van der Waals surface area contributed by atoms with Gasteiger partial charge < -0.3 is 19.3 Å². The van der Waals surface area contributed by atoms with Crippen LogP contribution in [0.4, 0.5) is 0 Å². The second-order valence-corrected chi connectivity index (χ2v) is 8.58. The Morgan fingerprint density at radius 1 is 1.16 bits per heavy atom. The zero-order valence-electron chi connectivity index (χ0n) is 17.4. The fourth-order valence-corrected chi connectivity index (χ4v) is 4.76. The fraction of sp³-hybridized carbons (Fsp3) is 0.435. The van der Waals surface area contributed by atoms with Gasteiger partial charge in [0.1, 0.15) is 18.3 Å². The van der Waals surface area contributed by atoms with E-state index in [1.165, 1.54) is 6.20 Å². The molecule has 1 amide bonds. The highest BCUT2D eigenvalue weighted by molar-refractivity contribution is 5.98. The Morgan fingerprint density at radius 2 is 1.90 bits per heavy atom. The van der Waals surface area contributed by atoms with Crippen molar-refractivity contribution in [1.82, 2.24) is 14.4 Å². The van der Waals surface area contributed by atoms with Crippen molar-refractivity contribution in [3.8, 4) is 5.75 Å². The lowest BCUT2D eigenvalue weighted by Gasteiger charge is -2.50. The van der Waals surface area contributed by atoms with Crippen molar-refractivity contribution in [3.05, 3.63) is 63.6 Å². The Kier molecular flexibility index (Phi) is 4.81. The number of nitrogens with zero attached hydrogens (tertiary/aromatic N) is 3. The number of rotatable bonds is 5. The molecule has 31 heavy (non-hydrogen) atoms. The number of aromatic nitrogens is 1. The number of carbonyl (C=O) groups is 2. The molecule has 5 rings (SSSR count). The van der Waals surface area contributed by atoms with Crippen LogP contribution in [0, 0.1) is 0 Å². The van der Waals surface area contributed by atoms with E-state index < -0.39 is 11.4 Å². The lowest BCUT2D eigenvalue weighted by molar-refractivity contribution is -0.0364. The summed E-state index contributed by atoms with van der Waals surface area (Å²) in [6.45, 7) is 3.44. The molecular formula is C23H25N3O5. The third kappa shape index (κ3) is 3.40. The molecule has 2 aliphatic heterocycles. The number of carboxylic acid groups (broad SMARTS) is 1. The smallest absolute Gasteiger partial charge is 0.341 e. The molecule has 0 unspecified atom stereocenters. The molecule has 3 aliphatic rings. The van der Waals surface area contributed by atoms with Crippen LogP contribution in [0.2, 0.25) is 0 Å². The molecule has 2 aromatic rings. The summed E-state index contributed by atoms with van der Waals surface area (Å²) < 4.78 is 7.44. The van der Waals surface area contributed by atoms with Gasteiger partial charge in [-0.3, -0.25) is 14.5 Å². The van der Waals surface area contributed by atoms with Gasteiger partial charge in [0.2, 0.25) is 5.43 Å². The molecule has 1 aromatic heterocycles. The number of hydrogen-bond donors (Lipinski definition) is 1. The van der Waals surface area contributed by atoms with Crippen LogP contribution >= 0.6 is 0 Å². The van der Waals surface area contributed by atoms with Gasteiger partial charge in [0, 0.05) is 24.8 Å². The van der Waals surface area contributed by atoms with Crippen LogP contribution < -0.4 is 10.2 Å². The Hall–Kier alpha value is -3.13. The maximum absolute atomic E-state index is 13.6. The number of carbonyl (C=O) groups excluding carboxylic acids is 1. The van der Waals surface area contributed by atoms with Gasteiger partial charge in [-0.2, -0.15) is 0 Å². The number of amides is 1. The fourth-order valence-electron chi connectivity index (χ4n) is 4.76. The standard InChI is InChI=1S/C23H25N3O5/c1-14-9-10-25(16-7-8-16)18-12-24-11-17(23(29)30)20(27)21(19(24)22(28)26(14)18)31-13-15-5-3-2-4-6-15/h2-6,11,14,16,18H,7-10,12-13H2,1H3,(H,29,30)/t14-,18-/m0/s1. The second kappa shape index (κ2) is 7.53. The zero-order chi connectivity index (χ0) is 21.7. The van der Waals surface area contributed by atoms with Crippen molar-refractivity contribution < 1.29 is 19.4 Å². The summed E-state index contributed by atoms with van der Waals surface area (Å²) in [6, 6.07) is 9.79. The maximum Gasteiger partial charge on any atom is 0.341 e. The Morgan fingerprint density at radius 3 is 2.58 bits per heavy atom. The minimum Gasteiger partial charge on any atom is -0.483 e. The van der Waals surface area contributed by atoms with Gasteiger partial charge in [0.15, 0.2) is 11.4 Å². The Balaban J connectivity index is 1.59. The van der Waals surface area contributed by atoms with Crippen molar-refractivity contribution in [2.75, 3.05) is 6.54 Å². The number of pyridine rings is 1. The summed E-state index contributed by atoms with van der Waals surface area (Å²) in [5.41, 5.74) is -0.166. The molecule has 1 saturated carbocycles. The van der Waals surface area contributed by atoms with Crippen molar-refractivity contribution in [2.45, 2.75) is 57.6 Å². The summed E-state index contributed by atoms with van der Waals surface area (Å²) in [6.07, 6.45) is 4.28. The Labute approximate surface area is 179 Å². The topological polar surface area (TPSA) is 92.1 Å². The molecule has 1 N–H and O–H groups in total. The predicted octanol–water partition coefficient (Wildman–Crippen LogP) is 2.16. The molecule has 162 valence electrons. The molecule has 2 atom stereocenters. The number of ether oxygens (including phenoxy) is 1. The first kappa shape index (κ1) is 19.8. The first-order valence-corrected chi connectivity index (χ1v) is 10.7. The third-order valence-electron chi connectivity index (χ3n) is 6.49. The van der Waals surface area contributed by atoms with Crippen LogP contribution in [-0.2, 0) is 13.2 Å². The molecule has 3 heterocycles. The molecule has 0 radical (unpaired) electrons. The van der Waals surface area contributed by atoms with Gasteiger partial charge in [0.05, 0.1) is 6.54 Å². The molecule has 1 aliphatic carbocycles. The lowest BCUT2D eigenvalue weighted by atomic mass is 10.0. The largest absolute Gasteiger partial charge is 0.483 e. The van der Waals surface area contributed by atoms with Gasteiger partial charge >= 0.3 is 5.97 Å². The quantitative estimate of drug-likeness (QED) is 0.793. The highest BCUT2D eigenvalue weighted by atomic mass is 16.5. The van der Waals surface area contributed by atoms with E-state index >= 15 is 0 Å². The number of aromatic carboxylic acids is 1. The normalized spacial score (nSPS) is 23.3. The van der Waals surface area contributed by atoms with E-state index in [2.05, 4.69) is 4.90 Å². The first-order chi connectivity index (χ1) is 15.0. The van der Waals surface area contributed by atoms with Crippen LogP contribution in [0.5, 0.6) is 5.75 Å². The van der Waals surface area contributed by atoms with Crippen LogP contribution in [0.15, 0.2) is 41.3 Å². The summed E-state index contributed by atoms with van der Waals surface area (Å²) in [5, 5.41) is 9.59. The van der Waals surface area contributed by atoms with Crippen LogP contribution in [0.3, 0.4) is 0 Å². The molecular weight excluding hydrogens is 398 g/mol. The number of hydrogen-bond acceptors (Lipinski definition) is 5. The van der Waals surface area contributed by atoms with E-state index in [1.807, 2.05) is 42.2 Å². The third-order valence-corrected chi connectivity index (χ3v) is 6.49. The molecule has 1 saturated heterocycles. The van der Waals surface area contributed by atoms with Gasteiger partial charge in [-0.05, 0) is 31.7 Å². The van der Waals surface area contributed by atoms with Gasteiger partial charge in [0.25, 0.3) is 5.91 Å². The van der Waals surface area contributed by atoms with E-state index in [1.54, 1.807) is 4.57 Å². The Bertz CT molecular complexity index is 1090. The monoisotopic (exact) mass is 423 g/mol. The molecule has 1 aromatic carbocycles. The van der Waals surface area contributed by atoms with E-state index in [9.17, 15) is 19.5 Å². The van der Waals surface area contributed by atoms with E-state index in [4.69, 9.17) is 4.74 Å². The summed E-state index contributed by atoms with van der Waals surface area (Å²) >= 11 is 0. The van der Waals surface area contributed by atoms with E-state index in [-0.39, 0.29) is 41.7 Å². The highest BCUT2D eigenvalue weighted by Gasteiger charge is 2.47. The molecule has 0 bridgehead atoms. The SMILES string of the molecule is C[C@H]1CCN(C2CC2)[C@@H]2Cn3cc(C(=O)O)c(=O)c(OCc4ccccc4)c3C(=O)N12. The average molecular weight is 423 g/mol. The van der Waals surface area contributed by atoms with Crippen LogP contribution in [-0.4, -0.2) is 56.1 Å². The zero-order valence-corrected chi connectivity index (χ0v) is 17.4. The molecule has 2 fully saturated rings. The van der Waals surface area contributed by atoms with E-state index in [0.717, 1.165) is 31.4 Å². The summed E-state index contributed by atoms with van der Waals surface area (Å²) in [4.78, 5) is 42.6. The highest BCUT2D eigenvalue weighted by Crippen LogP contribution is 2.37. The molecule has 8 nitrogen and oxygen atoms in total. The van der Waals surface area contributed by atoms with E-state index in [0.29, 0.717) is 12.6 Å². The number of fused-ring (bicyclic) bond motifs is 2. The predicted molar refractivity (Wildman–Crippen MR) is 112 cm³/mol. The lowest BCUT2D eigenvalue weighted by Crippen LogP contribution is -2.64. The van der Waals surface area contributed by atoms with Crippen molar-refractivity contribution in [3.63, 3.8) is 0 Å². The summed E-state index contributed by atoms with van der Waals surface area (Å²) in [5.74, 6) is -1.77. The van der Waals surface area contributed by atoms with Crippen molar-refractivity contribution in [2.24, 2.45) is 0 Å². The maximum atomic E-state index is 13.6. The average Bonchev–Trinajstić information content (AvgIpc) is 3.59. The van der Waals surface area contributed by atoms with Crippen molar-refractivity contribution >= 4 is 11.9 Å². The summed E-state index contributed by atoms with van der Waals surface area (Å²) in [7, 11) is 0. The number of benzene rings is 1. The van der Waals surface area contributed by atoms with Crippen LogP contribution in [0.1, 0.15) is 52.6 Å². The minimum absolute atomic E-state index is 0.0393. The first-order valence-electron chi connectivity index (χ1n) is 10.7. The van der Waals surface area contributed by atoms with Gasteiger partial charge in [-0.15, -0.1) is 0 Å².